The predicted octanol–water partition coefficient (Wildman–Crippen LogP) is 4.08. The van der Waals surface area contributed by atoms with Crippen LogP contribution in [0.15, 0.2) is 37.9 Å². The topological polar surface area (TPSA) is 104 Å². The van der Waals surface area contributed by atoms with Crippen molar-refractivity contribution in [3.8, 4) is 0 Å². The first-order valence-electron chi connectivity index (χ1n) is 9.87. The molecule has 1 saturated carbocycles. The minimum Gasteiger partial charge on any atom is -0.393 e. The van der Waals surface area contributed by atoms with Crippen molar-refractivity contribution in [2.45, 2.75) is 63.3 Å². The van der Waals surface area contributed by atoms with E-state index in [-0.39, 0.29) is 17.7 Å². The van der Waals surface area contributed by atoms with Gasteiger partial charge in [-0.3, -0.25) is 4.79 Å². The number of aliphatic hydroxyl groups excluding tert-OH is 3. The number of thiophene rings is 1. The van der Waals surface area contributed by atoms with Crippen molar-refractivity contribution >= 4 is 49.1 Å². The first-order chi connectivity index (χ1) is 13.8. The number of primary amides is 1. The Bertz CT molecular complexity index is 722. The van der Waals surface area contributed by atoms with Crippen molar-refractivity contribution in [2.75, 3.05) is 0 Å². The van der Waals surface area contributed by atoms with E-state index in [9.17, 15) is 20.1 Å². The number of allylic oxidation sites excluding steroid dienone is 2. The summed E-state index contributed by atoms with van der Waals surface area (Å²) < 4.78 is 2.12. The van der Waals surface area contributed by atoms with Crippen LogP contribution in [0.2, 0.25) is 0 Å². The van der Waals surface area contributed by atoms with Gasteiger partial charge in [0.25, 0.3) is 0 Å². The number of halogens is 2. The SMILES string of the molecule is NC(=O)CCCC=CC[C@H]1C(O)CC(O)C1C=CC(O)CCc1cc(Br)sc1Br. The molecule has 5 atom stereocenters. The van der Waals surface area contributed by atoms with E-state index in [4.69, 9.17) is 5.73 Å². The molecule has 0 aliphatic heterocycles. The number of carbonyl (C=O) groups excluding carboxylic acids is 1. The molecule has 1 heterocycles. The van der Waals surface area contributed by atoms with E-state index in [1.165, 1.54) is 0 Å². The van der Waals surface area contributed by atoms with Crippen molar-refractivity contribution in [2.24, 2.45) is 17.6 Å². The summed E-state index contributed by atoms with van der Waals surface area (Å²) in [6.07, 6.45) is 10.0. The molecule has 162 valence electrons. The van der Waals surface area contributed by atoms with E-state index in [1.807, 2.05) is 24.3 Å². The highest BCUT2D eigenvalue weighted by Crippen LogP contribution is 2.36. The molecule has 1 aliphatic rings. The maximum Gasteiger partial charge on any atom is 0.217 e. The molecule has 5 N–H and O–H groups in total. The smallest absolute Gasteiger partial charge is 0.217 e. The van der Waals surface area contributed by atoms with Gasteiger partial charge in [-0.25, -0.2) is 0 Å². The molecule has 1 aromatic rings. The second kappa shape index (κ2) is 12.4. The van der Waals surface area contributed by atoms with Crippen LogP contribution in [0, 0.1) is 11.8 Å². The van der Waals surface area contributed by atoms with Gasteiger partial charge in [0.05, 0.1) is 25.9 Å². The third-order valence-corrected chi connectivity index (χ3v) is 7.74. The quantitative estimate of drug-likeness (QED) is 0.246. The molecule has 1 aliphatic carbocycles. The van der Waals surface area contributed by atoms with E-state index in [1.54, 1.807) is 17.4 Å². The summed E-state index contributed by atoms with van der Waals surface area (Å²) in [5.41, 5.74) is 6.28. The molecule has 0 saturated heterocycles. The number of carbonyl (C=O) groups is 1. The molecular weight excluding hydrogens is 522 g/mol. The molecule has 0 aromatic carbocycles. The highest BCUT2D eigenvalue weighted by molar-refractivity contribution is 9.12. The normalized spacial score (nSPS) is 26.0. The lowest BCUT2D eigenvalue weighted by atomic mass is 9.89. The van der Waals surface area contributed by atoms with Crippen LogP contribution in [-0.4, -0.2) is 39.5 Å². The van der Waals surface area contributed by atoms with Gasteiger partial charge >= 0.3 is 0 Å². The monoisotopic (exact) mass is 549 g/mol. The van der Waals surface area contributed by atoms with Crippen molar-refractivity contribution in [1.29, 1.82) is 0 Å². The summed E-state index contributed by atoms with van der Waals surface area (Å²) in [7, 11) is 0. The van der Waals surface area contributed by atoms with Gasteiger partial charge in [-0.1, -0.05) is 24.3 Å². The lowest BCUT2D eigenvalue weighted by Crippen LogP contribution is -2.20. The van der Waals surface area contributed by atoms with Crippen LogP contribution in [0.5, 0.6) is 0 Å². The minimum atomic E-state index is -0.608. The first-order valence-corrected chi connectivity index (χ1v) is 12.3. The number of amides is 1. The maximum absolute atomic E-state index is 10.7. The molecular formula is C21H29Br2NO4S. The van der Waals surface area contributed by atoms with Crippen molar-refractivity contribution in [3.63, 3.8) is 0 Å². The van der Waals surface area contributed by atoms with Crippen LogP contribution in [0.3, 0.4) is 0 Å². The summed E-state index contributed by atoms with van der Waals surface area (Å²) in [4.78, 5) is 10.7. The van der Waals surface area contributed by atoms with Crippen LogP contribution in [-0.2, 0) is 11.2 Å². The Balaban J connectivity index is 1.84. The largest absolute Gasteiger partial charge is 0.393 e. The fraction of sp³-hybridized carbons (Fsp3) is 0.571. The third-order valence-electron chi connectivity index (χ3n) is 5.28. The Labute approximate surface area is 193 Å². The number of nitrogens with two attached hydrogens (primary N) is 1. The zero-order valence-corrected chi connectivity index (χ0v) is 20.2. The second-order valence-corrected chi connectivity index (χ2v) is 11.3. The fourth-order valence-electron chi connectivity index (χ4n) is 3.67. The summed E-state index contributed by atoms with van der Waals surface area (Å²) in [5.74, 6) is -0.560. The van der Waals surface area contributed by atoms with Crippen LogP contribution in [0.1, 0.15) is 44.1 Å². The van der Waals surface area contributed by atoms with Crippen molar-refractivity contribution in [3.05, 3.63) is 43.5 Å². The van der Waals surface area contributed by atoms with E-state index in [0.717, 1.165) is 26.0 Å². The van der Waals surface area contributed by atoms with E-state index < -0.39 is 18.3 Å². The Morgan fingerprint density at radius 1 is 1.31 bits per heavy atom. The highest BCUT2D eigenvalue weighted by atomic mass is 79.9. The summed E-state index contributed by atoms with van der Waals surface area (Å²) in [5, 5.41) is 30.9. The molecule has 29 heavy (non-hydrogen) atoms. The molecule has 1 fully saturated rings. The average Bonchev–Trinajstić information content (AvgIpc) is 3.11. The van der Waals surface area contributed by atoms with Crippen molar-refractivity contribution < 1.29 is 20.1 Å². The van der Waals surface area contributed by atoms with Gasteiger partial charge in [-0.05, 0) is 81.5 Å². The third kappa shape index (κ3) is 8.26. The Hall–Kier alpha value is -0.510. The van der Waals surface area contributed by atoms with Crippen LogP contribution in [0.4, 0.5) is 0 Å². The van der Waals surface area contributed by atoms with Gasteiger partial charge in [-0.15, -0.1) is 11.3 Å². The summed E-state index contributed by atoms with van der Waals surface area (Å²) in [6, 6.07) is 2.05. The highest BCUT2D eigenvalue weighted by Gasteiger charge is 2.39. The van der Waals surface area contributed by atoms with E-state index >= 15 is 0 Å². The van der Waals surface area contributed by atoms with Gasteiger partial charge in [0.2, 0.25) is 5.91 Å². The van der Waals surface area contributed by atoms with Gasteiger partial charge in [-0.2, -0.15) is 0 Å². The average molecular weight is 551 g/mol. The summed E-state index contributed by atoms with van der Waals surface area (Å²) in [6.45, 7) is 0. The molecule has 4 unspecified atom stereocenters. The number of hydrogen-bond acceptors (Lipinski definition) is 5. The molecule has 0 radical (unpaired) electrons. The van der Waals surface area contributed by atoms with Crippen LogP contribution in [0.25, 0.3) is 0 Å². The first kappa shape index (κ1) is 24.8. The zero-order valence-electron chi connectivity index (χ0n) is 16.2. The molecule has 8 heteroatoms. The molecule has 0 bridgehead atoms. The number of rotatable bonds is 11. The van der Waals surface area contributed by atoms with Gasteiger partial charge < -0.3 is 21.1 Å². The Morgan fingerprint density at radius 2 is 2.07 bits per heavy atom. The molecule has 1 aromatic heterocycles. The number of aryl methyl sites for hydroxylation is 1. The number of unbranched alkanes of at least 4 members (excludes halogenated alkanes) is 1. The molecule has 1 amide bonds. The van der Waals surface area contributed by atoms with Crippen LogP contribution < -0.4 is 5.73 Å². The lowest BCUT2D eigenvalue weighted by molar-refractivity contribution is -0.118. The van der Waals surface area contributed by atoms with Gasteiger partial charge in [0.15, 0.2) is 0 Å². The zero-order chi connectivity index (χ0) is 21.4. The number of aliphatic hydroxyl groups is 3. The van der Waals surface area contributed by atoms with Gasteiger partial charge in [0.1, 0.15) is 0 Å². The lowest BCUT2D eigenvalue weighted by Gasteiger charge is -2.19. The maximum atomic E-state index is 10.7. The Morgan fingerprint density at radius 3 is 2.72 bits per heavy atom. The Kier molecular flexibility index (Phi) is 10.6. The molecule has 2 rings (SSSR count). The second-order valence-electron chi connectivity index (χ2n) is 7.52. The predicted molar refractivity (Wildman–Crippen MR) is 124 cm³/mol. The van der Waals surface area contributed by atoms with Gasteiger partial charge in [0, 0.05) is 18.8 Å². The van der Waals surface area contributed by atoms with E-state index in [0.29, 0.717) is 32.1 Å². The van der Waals surface area contributed by atoms with Crippen LogP contribution >= 0.6 is 43.2 Å². The minimum absolute atomic E-state index is 0.0807. The summed E-state index contributed by atoms with van der Waals surface area (Å²) >= 11 is 8.60. The van der Waals surface area contributed by atoms with Crippen molar-refractivity contribution in [1.82, 2.24) is 0 Å². The fourth-order valence-corrected chi connectivity index (χ4v) is 6.59. The number of hydrogen-bond donors (Lipinski definition) is 4. The molecule has 0 spiro atoms. The molecule has 5 nitrogen and oxygen atoms in total. The van der Waals surface area contributed by atoms with E-state index in [2.05, 4.69) is 31.9 Å². The standard InChI is InChI=1S/C21H29Br2NO4S/c22-19-11-13(21(23)29-19)7-8-14(25)9-10-16-15(17(26)12-18(16)27)5-3-1-2-4-6-20(24)28/h1,3,9-11,14-18,25-27H,2,4-8,12H2,(H2,24,28)/t14?,15-,16?,17?,18?/m1/s1.